The lowest BCUT2D eigenvalue weighted by molar-refractivity contribution is 0.0954. The lowest BCUT2D eigenvalue weighted by Gasteiger charge is -2.06. The van der Waals surface area contributed by atoms with Gasteiger partial charge >= 0.3 is 0 Å². The number of carbonyl (C=O) groups is 1. The number of hydrogen-bond donors (Lipinski definition) is 1. The van der Waals surface area contributed by atoms with Crippen molar-refractivity contribution in [2.75, 3.05) is 0 Å². The van der Waals surface area contributed by atoms with E-state index in [9.17, 15) is 4.79 Å². The van der Waals surface area contributed by atoms with Gasteiger partial charge in [-0.1, -0.05) is 11.3 Å². The third-order valence-corrected chi connectivity index (χ3v) is 5.77. The number of rotatable bonds is 5. The maximum atomic E-state index is 12.6. The van der Waals surface area contributed by atoms with Crippen molar-refractivity contribution in [3.8, 4) is 16.3 Å². The van der Waals surface area contributed by atoms with Crippen LogP contribution in [0.2, 0.25) is 0 Å². The van der Waals surface area contributed by atoms with E-state index in [4.69, 9.17) is 0 Å². The fourth-order valence-corrected chi connectivity index (χ4v) is 4.21. The fourth-order valence-electron chi connectivity index (χ4n) is 2.60. The second-order valence-electron chi connectivity index (χ2n) is 5.78. The van der Waals surface area contributed by atoms with Crippen molar-refractivity contribution >= 4 is 28.6 Å². The number of pyridine rings is 1. The number of aromatic nitrogens is 3. The summed E-state index contributed by atoms with van der Waals surface area (Å²) < 4.78 is 1.91. The van der Waals surface area contributed by atoms with Gasteiger partial charge in [-0.25, -0.2) is 4.98 Å². The highest BCUT2D eigenvalue weighted by Gasteiger charge is 2.16. The summed E-state index contributed by atoms with van der Waals surface area (Å²) in [7, 11) is 0. The monoisotopic (exact) mass is 380 g/mol. The van der Waals surface area contributed by atoms with E-state index in [1.165, 1.54) is 11.3 Å². The second-order valence-corrected chi connectivity index (χ2v) is 7.54. The maximum Gasteiger partial charge on any atom is 0.263 e. The van der Waals surface area contributed by atoms with Gasteiger partial charge in [0.25, 0.3) is 5.91 Å². The highest BCUT2D eigenvalue weighted by molar-refractivity contribution is 7.16. The Morgan fingerprint density at radius 3 is 2.85 bits per heavy atom. The molecule has 1 N–H and O–H groups in total. The van der Waals surface area contributed by atoms with E-state index in [1.54, 1.807) is 17.5 Å². The summed E-state index contributed by atoms with van der Waals surface area (Å²) in [6.07, 6.45) is 7.45. The first-order valence-electron chi connectivity index (χ1n) is 8.06. The minimum absolute atomic E-state index is 0.112. The van der Waals surface area contributed by atoms with Crippen LogP contribution in [0.3, 0.4) is 0 Å². The Bertz CT molecular complexity index is 1020. The molecule has 4 rings (SSSR count). The zero-order chi connectivity index (χ0) is 17.9. The summed E-state index contributed by atoms with van der Waals surface area (Å²) in [5, 5.41) is 7.89. The third-order valence-electron chi connectivity index (χ3n) is 3.92. The molecule has 0 aliphatic rings. The molecule has 0 spiro atoms. The van der Waals surface area contributed by atoms with Crippen molar-refractivity contribution in [1.82, 2.24) is 19.9 Å². The number of thiazole rings is 1. The first-order valence-corrected chi connectivity index (χ1v) is 9.82. The quantitative estimate of drug-likeness (QED) is 0.562. The third kappa shape index (κ3) is 3.44. The molecule has 0 aliphatic carbocycles. The zero-order valence-electron chi connectivity index (χ0n) is 14.0. The molecule has 0 aromatic carbocycles. The van der Waals surface area contributed by atoms with Gasteiger partial charge in [-0.3, -0.25) is 9.78 Å². The number of nitrogens with one attached hydrogen (secondary N) is 1. The molecule has 7 heteroatoms. The van der Waals surface area contributed by atoms with E-state index < -0.39 is 0 Å². The van der Waals surface area contributed by atoms with Gasteiger partial charge in [0, 0.05) is 36.9 Å². The highest BCUT2D eigenvalue weighted by atomic mass is 32.1. The molecule has 0 bridgehead atoms. The van der Waals surface area contributed by atoms with Crippen LogP contribution in [0.15, 0.2) is 59.8 Å². The average Bonchev–Trinajstić information content (AvgIpc) is 3.40. The Hall–Kier alpha value is -2.77. The molecule has 0 fully saturated rings. The zero-order valence-corrected chi connectivity index (χ0v) is 15.7. The molecule has 0 unspecified atom stereocenters. The molecule has 0 saturated carbocycles. The number of nitrogens with zero attached hydrogens (tertiary/aromatic N) is 3. The molecule has 0 aliphatic heterocycles. The second kappa shape index (κ2) is 7.23. The standard InChI is InChI=1S/C19H16N4OS2/c1-13-17(26-19(22-13)23-5-2-3-6-23)18(24)21-10-14-8-16(11-20-9-14)15-4-7-25-12-15/h2-9,11-12H,10H2,1H3,(H,21,24). The van der Waals surface area contributed by atoms with Crippen LogP contribution < -0.4 is 5.32 Å². The van der Waals surface area contributed by atoms with E-state index in [1.807, 2.05) is 47.6 Å². The van der Waals surface area contributed by atoms with Crippen molar-refractivity contribution in [3.05, 3.63) is 75.9 Å². The molecule has 0 radical (unpaired) electrons. The summed E-state index contributed by atoms with van der Waals surface area (Å²) in [5.41, 5.74) is 3.91. The van der Waals surface area contributed by atoms with E-state index >= 15 is 0 Å². The lowest BCUT2D eigenvalue weighted by Crippen LogP contribution is -2.22. The van der Waals surface area contributed by atoms with Crippen molar-refractivity contribution in [1.29, 1.82) is 0 Å². The van der Waals surface area contributed by atoms with Crippen molar-refractivity contribution in [2.45, 2.75) is 13.5 Å². The smallest absolute Gasteiger partial charge is 0.263 e. The Kier molecular flexibility index (Phi) is 4.64. The fraction of sp³-hybridized carbons (Fsp3) is 0.105. The molecular formula is C19H16N4OS2. The lowest BCUT2D eigenvalue weighted by atomic mass is 10.1. The van der Waals surface area contributed by atoms with Gasteiger partial charge in [0.05, 0.1) is 5.69 Å². The van der Waals surface area contributed by atoms with E-state index in [2.05, 4.69) is 32.8 Å². The maximum absolute atomic E-state index is 12.6. The number of hydrogen-bond acceptors (Lipinski definition) is 5. The van der Waals surface area contributed by atoms with E-state index in [0.29, 0.717) is 11.4 Å². The minimum Gasteiger partial charge on any atom is -0.347 e. The first kappa shape index (κ1) is 16.7. The molecule has 1 amide bonds. The molecule has 4 aromatic heterocycles. The molecule has 5 nitrogen and oxygen atoms in total. The number of amides is 1. The number of aryl methyl sites for hydroxylation is 1. The molecule has 130 valence electrons. The van der Waals surface area contributed by atoms with Crippen LogP contribution in [-0.4, -0.2) is 20.4 Å². The van der Waals surface area contributed by atoms with Gasteiger partial charge in [-0.2, -0.15) is 11.3 Å². The summed E-state index contributed by atoms with van der Waals surface area (Å²) in [6.45, 7) is 2.29. The SMILES string of the molecule is Cc1nc(-n2cccc2)sc1C(=O)NCc1cncc(-c2ccsc2)c1. The Morgan fingerprint density at radius 1 is 1.23 bits per heavy atom. The summed E-state index contributed by atoms with van der Waals surface area (Å²) in [6, 6.07) is 7.99. The Balaban J connectivity index is 1.47. The number of thiophene rings is 1. The molecule has 4 aromatic rings. The molecule has 26 heavy (non-hydrogen) atoms. The first-order chi connectivity index (χ1) is 12.7. The molecule has 0 saturated heterocycles. The Morgan fingerprint density at radius 2 is 2.08 bits per heavy atom. The molecular weight excluding hydrogens is 364 g/mol. The van der Waals surface area contributed by atoms with Gasteiger partial charge in [0.15, 0.2) is 5.13 Å². The van der Waals surface area contributed by atoms with Crippen LogP contribution in [0.25, 0.3) is 16.3 Å². The van der Waals surface area contributed by atoms with Crippen LogP contribution in [-0.2, 0) is 6.54 Å². The van der Waals surface area contributed by atoms with Gasteiger partial charge < -0.3 is 9.88 Å². The van der Waals surface area contributed by atoms with Crippen LogP contribution in [0, 0.1) is 6.92 Å². The van der Waals surface area contributed by atoms with Gasteiger partial charge in [-0.15, -0.1) is 0 Å². The van der Waals surface area contributed by atoms with E-state index in [0.717, 1.165) is 27.5 Å². The normalized spacial score (nSPS) is 10.8. The Labute approximate surface area is 159 Å². The minimum atomic E-state index is -0.112. The molecule has 0 atom stereocenters. The summed E-state index contributed by atoms with van der Waals surface area (Å²) in [5.74, 6) is -0.112. The number of carbonyl (C=O) groups excluding carboxylic acids is 1. The van der Waals surface area contributed by atoms with Gasteiger partial charge in [-0.05, 0) is 53.1 Å². The average molecular weight is 380 g/mol. The predicted octanol–water partition coefficient (Wildman–Crippen LogP) is 4.30. The predicted molar refractivity (Wildman–Crippen MR) is 105 cm³/mol. The van der Waals surface area contributed by atoms with Crippen LogP contribution in [0.4, 0.5) is 0 Å². The van der Waals surface area contributed by atoms with Crippen LogP contribution in [0.1, 0.15) is 20.9 Å². The van der Waals surface area contributed by atoms with Crippen LogP contribution in [0.5, 0.6) is 0 Å². The van der Waals surface area contributed by atoms with Gasteiger partial charge in [0.2, 0.25) is 0 Å². The largest absolute Gasteiger partial charge is 0.347 e. The van der Waals surface area contributed by atoms with Crippen molar-refractivity contribution < 1.29 is 4.79 Å². The topological polar surface area (TPSA) is 59.8 Å². The van der Waals surface area contributed by atoms with Crippen LogP contribution >= 0.6 is 22.7 Å². The summed E-state index contributed by atoms with van der Waals surface area (Å²) in [4.78, 5) is 22.0. The van der Waals surface area contributed by atoms with Crippen molar-refractivity contribution in [2.24, 2.45) is 0 Å². The molecule has 4 heterocycles. The van der Waals surface area contributed by atoms with Gasteiger partial charge in [0.1, 0.15) is 4.88 Å². The summed E-state index contributed by atoms with van der Waals surface area (Å²) >= 11 is 3.04. The van der Waals surface area contributed by atoms with E-state index in [-0.39, 0.29) is 5.91 Å². The highest BCUT2D eigenvalue weighted by Crippen LogP contribution is 2.23. The van der Waals surface area contributed by atoms with Crippen molar-refractivity contribution in [3.63, 3.8) is 0 Å².